The number of rotatable bonds is 26. The number of hydrogen-bond acceptors (Lipinski definition) is 9. The predicted octanol–water partition coefficient (Wildman–Crippen LogP) is 3.32. The van der Waals surface area contributed by atoms with Crippen molar-refractivity contribution in [3.63, 3.8) is 0 Å². The van der Waals surface area contributed by atoms with Crippen molar-refractivity contribution in [3.05, 3.63) is 0 Å². The first kappa shape index (κ1) is 31.7. The van der Waals surface area contributed by atoms with E-state index in [9.17, 15) is 9.59 Å². The zero-order valence-electron chi connectivity index (χ0n) is 20.8. The molecule has 0 unspecified atom stereocenters. The van der Waals surface area contributed by atoms with Crippen molar-refractivity contribution in [2.24, 2.45) is 0 Å². The van der Waals surface area contributed by atoms with Gasteiger partial charge in [0.25, 0.3) is 0 Å². The fourth-order valence-electron chi connectivity index (χ4n) is 2.59. The van der Waals surface area contributed by atoms with Gasteiger partial charge in [0, 0.05) is 12.8 Å². The van der Waals surface area contributed by atoms with Crippen LogP contribution in [0.4, 0.5) is 0 Å². The van der Waals surface area contributed by atoms with E-state index in [4.69, 9.17) is 33.2 Å². The highest BCUT2D eigenvalue weighted by Crippen LogP contribution is 2.01. The molecule has 0 spiro atoms. The van der Waals surface area contributed by atoms with Gasteiger partial charge in [0.15, 0.2) is 0 Å². The predicted molar refractivity (Wildman–Crippen MR) is 124 cm³/mol. The summed E-state index contributed by atoms with van der Waals surface area (Å²) in [5.41, 5.74) is 0. The topological polar surface area (TPSA) is 98.8 Å². The van der Waals surface area contributed by atoms with Crippen LogP contribution >= 0.6 is 0 Å². The Balaban J connectivity index is 3.13. The Hall–Kier alpha value is -1.26. The molecule has 9 heteroatoms. The van der Waals surface area contributed by atoms with E-state index in [-0.39, 0.29) is 25.2 Å². The molecule has 0 rings (SSSR count). The summed E-state index contributed by atoms with van der Waals surface area (Å²) in [7, 11) is 0. The fourth-order valence-corrected chi connectivity index (χ4v) is 2.59. The molecule has 0 atom stereocenters. The Kier molecular flexibility index (Phi) is 26.0. The fraction of sp³-hybridized carbons (Fsp3) is 0.917. The van der Waals surface area contributed by atoms with E-state index in [0.29, 0.717) is 78.9 Å². The van der Waals surface area contributed by atoms with Crippen LogP contribution in [-0.2, 0) is 42.7 Å². The summed E-state index contributed by atoms with van der Waals surface area (Å²) in [4.78, 5) is 22.8. The molecule has 0 N–H and O–H groups in total. The maximum Gasteiger partial charge on any atom is 0.305 e. The molecule has 0 saturated heterocycles. The standard InChI is InChI=1S/C24H46O9/c1-3-5-7-9-23(25)32-21-19-30-17-15-28-13-11-27-12-14-29-16-18-31-20-22-33-24(26)10-8-6-4-2/h3-22H2,1-2H3. The van der Waals surface area contributed by atoms with Gasteiger partial charge in [0.1, 0.15) is 13.2 Å². The van der Waals surface area contributed by atoms with E-state index in [0.717, 1.165) is 38.5 Å². The first-order valence-corrected chi connectivity index (χ1v) is 12.4. The molecule has 196 valence electrons. The van der Waals surface area contributed by atoms with Crippen LogP contribution in [0.25, 0.3) is 0 Å². The molecule has 0 aliphatic rings. The van der Waals surface area contributed by atoms with Crippen LogP contribution in [0.1, 0.15) is 65.2 Å². The van der Waals surface area contributed by atoms with Crippen molar-refractivity contribution in [1.82, 2.24) is 0 Å². The Morgan fingerprint density at radius 2 is 0.697 bits per heavy atom. The maximum atomic E-state index is 11.4. The highest BCUT2D eigenvalue weighted by molar-refractivity contribution is 5.69. The van der Waals surface area contributed by atoms with Crippen LogP contribution in [0.5, 0.6) is 0 Å². The average Bonchev–Trinajstić information content (AvgIpc) is 2.81. The molecule has 0 heterocycles. The third-order valence-electron chi connectivity index (χ3n) is 4.44. The lowest BCUT2D eigenvalue weighted by molar-refractivity contribution is -0.146. The minimum atomic E-state index is -0.159. The summed E-state index contributed by atoms with van der Waals surface area (Å²) in [6.45, 7) is 9.30. The molecule has 0 aromatic heterocycles. The third kappa shape index (κ3) is 26.9. The summed E-state index contributed by atoms with van der Waals surface area (Å²) in [6.07, 6.45) is 7.00. The minimum absolute atomic E-state index is 0.159. The first-order chi connectivity index (χ1) is 16.2. The van der Waals surface area contributed by atoms with Crippen LogP contribution in [0, 0.1) is 0 Å². The van der Waals surface area contributed by atoms with Crippen molar-refractivity contribution >= 4 is 11.9 Å². The molecular formula is C24H46O9. The maximum absolute atomic E-state index is 11.4. The van der Waals surface area contributed by atoms with Gasteiger partial charge in [-0.2, -0.15) is 0 Å². The summed E-state index contributed by atoms with van der Waals surface area (Å²) in [6, 6.07) is 0. The largest absolute Gasteiger partial charge is 0.463 e. The van der Waals surface area contributed by atoms with E-state index in [1.54, 1.807) is 0 Å². The summed E-state index contributed by atoms with van der Waals surface area (Å²) < 4.78 is 37.1. The molecule has 0 bridgehead atoms. The van der Waals surface area contributed by atoms with Gasteiger partial charge in [-0.15, -0.1) is 0 Å². The van der Waals surface area contributed by atoms with Crippen molar-refractivity contribution in [1.29, 1.82) is 0 Å². The quantitative estimate of drug-likeness (QED) is 0.137. The van der Waals surface area contributed by atoms with Crippen molar-refractivity contribution in [3.8, 4) is 0 Å². The third-order valence-corrected chi connectivity index (χ3v) is 4.44. The molecule has 33 heavy (non-hydrogen) atoms. The zero-order chi connectivity index (χ0) is 24.2. The van der Waals surface area contributed by atoms with Crippen molar-refractivity contribution < 1.29 is 42.7 Å². The molecule has 0 aromatic rings. The minimum Gasteiger partial charge on any atom is -0.463 e. The molecule has 0 aromatic carbocycles. The highest BCUT2D eigenvalue weighted by atomic mass is 16.6. The van der Waals surface area contributed by atoms with Gasteiger partial charge in [-0.3, -0.25) is 9.59 Å². The SMILES string of the molecule is CCCCCC(=O)OCCOCCOCCOCCOCCOCCOC(=O)CCCCC. The van der Waals surface area contributed by atoms with Crippen LogP contribution in [0.15, 0.2) is 0 Å². The number of esters is 2. The number of hydrogen-bond donors (Lipinski definition) is 0. The number of ether oxygens (including phenoxy) is 7. The molecule has 9 nitrogen and oxygen atoms in total. The van der Waals surface area contributed by atoms with Gasteiger partial charge < -0.3 is 33.2 Å². The molecular weight excluding hydrogens is 432 g/mol. The van der Waals surface area contributed by atoms with Crippen LogP contribution < -0.4 is 0 Å². The number of unbranched alkanes of at least 4 members (excludes halogenated alkanes) is 4. The molecule has 0 radical (unpaired) electrons. The lowest BCUT2D eigenvalue weighted by Crippen LogP contribution is -2.15. The number of carbonyl (C=O) groups is 2. The van der Waals surface area contributed by atoms with Crippen LogP contribution in [-0.4, -0.2) is 91.2 Å². The second kappa shape index (κ2) is 27.0. The normalized spacial score (nSPS) is 11.0. The Labute approximate surface area is 199 Å². The Bertz CT molecular complexity index is 394. The van der Waals surface area contributed by atoms with Crippen LogP contribution in [0.3, 0.4) is 0 Å². The van der Waals surface area contributed by atoms with Gasteiger partial charge >= 0.3 is 11.9 Å². The average molecular weight is 479 g/mol. The van der Waals surface area contributed by atoms with Crippen molar-refractivity contribution in [2.75, 3.05) is 79.3 Å². The molecule has 0 saturated carbocycles. The van der Waals surface area contributed by atoms with Gasteiger partial charge in [-0.25, -0.2) is 0 Å². The summed E-state index contributed by atoms with van der Waals surface area (Å²) >= 11 is 0. The van der Waals surface area contributed by atoms with E-state index in [2.05, 4.69) is 13.8 Å². The molecule has 0 aliphatic carbocycles. The van der Waals surface area contributed by atoms with Gasteiger partial charge in [-0.05, 0) is 12.8 Å². The number of carbonyl (C=O) groups excluding carboxylic acids is 2. The smallest absolute Gasteiger partial charge is 0.305 e. The molecule has 0 amide bonds. The van der Waals surface area contributed by atoms with E-state index >= 15 is 0 Å². The summed E-state index contributed by atoms with van der Waals surface area (Å²) in [5, 5.41) is 0. The highest BCUT2D eigenvalue weighted by Gasteiger charge is 2.02. The second-order valence-corrected chi connectivity index (χ2v) is 7.42. The first-order valence-electron chi connectivity index (χ1n) is 12.4. The van der Waals surface area contributed by atoms with E-state index in [1.807, 2.05) is 0 Å². The molecule has 0 aliphatic heterocycles. The lowest BCUT2D eigenvalue weighted by Gasteiger charge is -2.08. The zero-order valence-corrected chi connectivity index (χ0v) is 20.8. The van der Waals surface area contributed by atoms with E-state index < -0.39 is 0 Å². The van der Waals surface area contributed by atoms with Crippen LogP contribution in [0.2, 0.25) is 0 Å². The Morgan fingerprint density at radius 3 is 0.970 bits per heavy atom. The van der Waals surface area contributed by atoms with E-state index in [1.165, 1.54) is 0 Å². The monoisotopic (exact) mass is 478 g/mol. The molecule has 0 fully saturated rings. The second-order valence-electron chi connectivity index (χ2n) is 7.42. The van der Waals surface area contributed by atoms with Gasteiger partial charge in [0.05, 0.1) is 66.1 Å². The van der Waals surface area contributed by atoms with Gasteiger partial charge in [0.2, 0.25) is 0 Å². The summed E-state index contributed by atoms with van der Waals surface area (Å²) in [5.74, 6) is -0.319. The lowest BCUT2D eigenvalue weighted by atomic mass is 10.2. The van der Waals surface area contributed by atoms with Gasteiger partial charge in [-0.1, -0.05) is 39.5 Å². The Morgan fingerprint density at radius 1 is 0.424 bits per heavy atom. The van der Waals surface area contributed by atoms with Crippen molar-refractivity contribution in [2.45, 2.75) is 65.2 Å².